The van der Waals surface area contributed by atoms with Gasteiger partial charge >= 0.3 is 6.03 Å². The lowest BCUT2D eigenvalue weighted by Crippen LogP contribution is -2.49. The molecule has 34 heavy (non-hydrogen) atoms. The number of thiocarbonyl (C=S) groups is 1. The van der Waals surface area contributed by atoms with Crippen molar-refractivity contribution in [2.75, 3.05) is 10.6 Å². The van der Waals surface area contributed by atoms with Crippen molar-refractivity contribution in [1.82, 2.24) is 21.2 Å². The van der Waals surface area contributed by atoms with Gasteiger partial charge < -0.3 is 10.6 Å². The summed E-state index contributed by atoms with van der Waals surface area (Å²) in [6.45, 7) is 6.75. The Balaban J connectivity index is 1.63. The summed E-state index contributed by atoms with van der Waals surface area (Å²) in [5.74, 6) is 0.570. The first-order valence-corrected chi connectivity index (χ1v) is 13.7. The van der Waals surface area contributed by atoms with E-state index in [-0.39, 0.29) is 16.2 Å². The number of hydrogen-bond donors (Lipinski definition) is 6. The maximum absolute atomic E-state index is 14.0. The molecule has 2 aromatic carbocycles. The lowest BCUT2D eigenvalue weighted by molar-refractivity contribution is 0.179. The molecule has 3 rings (SSSR count). The van der Waals surface area contributed by atoms with Crippen molar-refractivity contribution in [1.29, 1.82) is 0 Å². The molecule has 0 aromatic heterocycles. The van der Waals surface area contributed by atoms with Crippen molar-refractivity contribution in [3.05, 3.63) is 60.7 Å². The zero-order valence-corrected chi connectivity index (χ0v) is 21.6. The van der Waals surface area contributed by atoms with Crippen molar-refractivity contribution in [3.8, 4) is 0 Å². The number of nitrogens with one attached hydrogen (secondary N) is 6. The number of benzene rings is 2. The summed E-state index contributed by atoms with van der Waals surface area (Å²) in [5.41, 5.74) is 6.92. The van der Waals surface area contributed by atoms with Crippen LogP contribution in [0.25, 0.3) is 0 Å². The number of anilines is 2. The first-order chi connectivity index (χ1) is 16.2. The summed E-state index contributed by atoms with van der Waals surface area (Å²) in [7, 11) is -3.30. The molecule has 0 spiro atoms. The summed E-state index contributed by atoms with van der Waals surface area (Å²) < 4.78 is 14.0. The Morgan fingerprint density at radius 3 is 1.85 bits per heavy atom. The van der Waals surface area contributed by atoms with Gasteiger partial charge in [0.2, 0.25) is 7.44 Å². The lowest BCUT2D eigenvalue weighted by atomic mass is 9.72. The molecule has 0 aliphatic heterocycles. The molecule has 0 heterocycles. The molecule has 2 amide bonds. The highest BCUT2D eigenvalue weighted by Crippen LogP contribution is 2.51. The van der Waals surface area contributed by atoms with Crippen LogP contribution < -0.4 is 31.9 Å². The molecule has 1 saturated carbocycles. The smallest absolute Gasteiger partial charge is 0.332 e. The van der Waals surface area contributed by atoms with Gasteiger partial charge in [-0.1, -0.05) is 57.2 Å². The Hall–Kier alpha value is -2.45. The number of rotatable bonds is 7. The Kier molecular flexibility index (Phi) is 9.08. The first-order valence-electron chi connectivity index (χ1n) is 11.5. The van der Waals surface area contributed by atoms with E-state index < -0.39 is 13.5 Å². The fourth-order valence-corrected chi connectivity index (χ4v) is 6.39. The average Bonchev–Trinajstić information content (AvgIpc) is 2.82. The van der Waals surface area contributed by atoms with Crippen LogP contribution in [-0.2, 0) is 4.57 Å². The fourth-order valence-electron chi connectivity index (χ4n) is 4.15. The van der Waals surface area contributed by atoms with Crippen LogP contribution in [0.4, 0.5) is 16.2 Å². The Morgan fingerprint density at radius 2 is 1.32 bits per heavy atom. The number of para-hydroxylation sites is 2. The standard InChI is InChI=1S/C24H35N6O2PS/c1-24(2,3)18-14-16-21(17-15-18)33(32,29-27-22(31)25-19-10-6-4-7-11-19)30-28-23(34)26-20-12-8-5-9-13-20/h4-13,18,21H,14-17H2,1-3H3,(H2,25,27,31)(H2,26,28,34)(H2,29,30,32). The second kappa shape index (κ2) is 11.8. The number of urea groups is 1. The van der Waals surface area contributed by atoms with Gasteiger partial charge in [-0.3, -0.25) is 15.4 Å². The maximum Gasteiger partial charge on any atom is 0.333 e. The molecule has 0 radical (unpaired) electrons. The van der Waals surface area contributed by atoms with Gasteiger partial charge in [-0.05, 0) is 73.5 Å². The zero-order valence-electron chi connectivity index (χ0n) is 19.9. The molecule has 1 atom stereocenters. The zero-order chi connectivity index (χ0) is 24.6. The number of carbonyl (C=O) groups excluding carboxylic acids is 1. The third kappa shape index (κ3) is 7.81. The molecule has 6 N–H and O–H groups in total. The SMILES string of the molecule is CC(C)(C)C1CCC(P(=O)(NNC(=O)Nc2ccccc2)NNC(=S)Nc2ccccc2)CC1. The Labute approximate surface area is 207 Å². The summed E-state index contributed by atoms with van der Waals surface area (Å²) in [6.07, 6.45) is 3.51. The number of carbonyl (C=O) groups is 1. The van der Waals surface area contributed by atoms with E-state index in [2.05, 4.69) is 52.6 Å². The quantitative estimate of drug-likeness (QED) is 0.166. The Morgan fingerprint density at radius 1 is 0.824 bits per heavy atom. The van der Waals surface area contributed by atoms with Crippen molar-refractivity contribution >= 4 is 42.2 Å². The van der Waals surface area contributed by atoms with E-state index in [1.54, 1.807) is 12.1 Å². The largest absolute Gasteiger partial charge is 0.333 e. The van der Waals surface area contributed by atoms with Crippen molar-refractivity contribution in [2.24, 2.45) is 11.3 Å². The van der Waals surface area contributed by atoms with Gasteiger partial charge in [0, 0.05) is 17.0 Å². The average molecular weight is 503 g/mol. The predicted octanol–water partition coefficient (Wildman–Crippen LogP) is 5.60. The van der Waals surface area contributed by atoms with E-state index in [9.17, 15) is 9.36 Å². The molecule has 0 saturated heterocycles. The molecule has 8 nitrogen and oxygen atoms in total. The van der Waals surface area contributed by atoms with Crippen LogP contribution in [0.2, 0.25) is 0 Å². The third-order valence-electron chi connectivity index (χ3n) is 6.17. The minimum Gasteiger partial charge on any atom is -0.332 e. The molecular weight excluding hydrogens is 467 g/mol. The minimum absolute atomic E-state index is 0.157. The van der Waals surface area contributed by atoms with Crippen molar-refractivity contribution in [3.63, 3.8) is 0 Å². The lowest BCUT2D eigenvalue weighted by Gasteiger charge is -2.39. The highest BCUT2D eigenvalue weighted by Gasteiger charge is 2.39. The second-order valence-electron chi connectivity index (χ2n) is 9.64. The third-order valence-corrected chi connectivity index (χ3v) is 8.81. The Bertz CT molecular complexity index is 930. The molecule has 0 bridgehead atoms. The van der Waals surface area contributed by atoms with Gasteiger partial charge in [-0.2, -0.15) is 10.4 Å². The molecule has 1 fully saturated rings. The predicted molar refractivity (Wildman–Crippen MR) is 143 cm³/mol. The monoisotopic (exact) mass is 502 g/mol. The van der Waals surface area contributed by atoms with Gasteiger partial charge in [-0.15, -0.1) is 0 Å². The fraction of sp³-hybridized carbons (Fsp3) is 0.417. The molecule has 1 aliphatic rings. The van der Waals surface area contributed by atoms with Gasteiger partial charge in [0.25, 0.3) is 0 Å². The van der Waals surface area contributed by atoms with Crippen LogP contribution in [0, 0.1) is 11.3 Å². The van der Waals surface area contributed by atoms with E-state index >= 15 is 0 Å². The molecular formula is C24H35N6O2PS. The van der Waals surface area contributed by atoms with Gasteiger partial charge in [0.15, 0.2) is 5.11 Å². The molecule has 184 valence electrons. The van der Waals surface area contributed by atoms with Crippen LogP contribution >= 0.6 is 19.7 Å². The van der Waals surface area contributed by atoms with E-state index in [0.717, 1.165) is 31.4 Å². The van der Waals surface area contributed by atoms with Gasteiger partial charge in [0.05, 0.1) is 0 Å². The number of hydrogen-bond acceptors (Lipinski definition) is 3. The van der Waals surface area contributed by atoms with Crippen molar-refractivity contribution in [2.45, 2.75) is 52.1 Å². The second-order valence-corrected chi connectivity index (χ2v) is 12.5. The highest BCUT2D eigenvalue weighted by molar-refractivity contribution is 7.80. The van der Waals surface area contributed by atoms with E-state index in [1.165, 1.54) is 0 Å². The van der Waals surface area contributed by atoms with E-state index in [4.69, 9.17) is 12.2 Å². The van der Waals surface area contributed by atoms with Crippen LogP contribution in [0.3, 0.4) is 0 Å². The normalized spacial score (nSPS) is 20.0. The molecule has 1 aliphatic carbocycles. The maximum atomic E-state index is 14.0. The van der Waals surface area contributed by atoms with Gasteiger partial charge in [-0.25, -0.2) is 4.79 Å². The van der Waals surface area contributed by atoms with Crippen LogP contribution in [-0.4, -0.2) is 16.8 Å². The molecule has 1 unspecified atom stereocenters. The summed E-state index contributed by atoms with van der Waals surface area (Å²) in [4.78, 5) is 12.4. The minimum atomic E-state index is -3.30. The summed E-state index contributed by atoms with van der Waals surface area (Å²) in [6, 6.07) is 18.1. The van der Waals surface area contributed by atoms with Crippen LogP contribution in [0.15, 0.2) is 60.7 Å². The molecule has 2 aromatic rings. The van der Waals surface area contributed by atoms with Gasteiger partial charge in [0.1, 0.15) is 0 Å². The summed E-state index contributed by atoms with van der Waals surface area (Å²) >= 11 is 5.36. The van der Waals surface area contributed by atoms with E-state index in [1.807, 2.05) is 48.5 Å². The topological polar surface area (TPSA) is 106 Å². The molecule has 10 heteroatoms. The van der Waals surface area contributed by atoms with Crippen molar-refractivity contribution < 1.29 is 9.36 Å². The number of hydrazine groups is 2. The summed E-state index contributed by atoms with van der Waals surface area (Å²) in [5, 5.41) is 11.8. The van der Waals surface area contributed by atoms with E-state index in [0.29, 0.717) is 11.6 Å². The first kappa shape index (κ1) is 26.2. The number of amides is 2. The van der Waals surface area contributed by atoms with Crippen LogP contribution in [0.1, 0.15) is 46.5 Å². The van der Waals surface area contributed by atoms with Crippen LogP contribution in [0.5, 0.6) is 0 Å². The highest BCUT2D eigenvalue weighted by atomic mass is 32.1.